The van der Waals surface area contributed by atoms with E-state index in [2.05, 4.69) is 27.6 Å². The fraction of sp³-hybridized carbons (Fsp3) is 0.421. The Bertz CT molecular complexity index is 849. The Morgan fingerprint density at radius 2 is 2.04 bits per heavy atom. The minimum Gasteiger partial charge on any atom is -0.468 e. The number of aliphatic imine (C=N–C) groups is 1. The smallest absolute Gasteiger partial charge is 0.336 e. The predicted molar refractivity (Wildman–Crippen MR) is 112 cm³/mol. The number of nitrogens with zero attached hydrogens (tertiary/aromatic N) is 2. The van der Waals surface area contributed by atoms with Crippen molar-refractivity contribution in [2.75, 3.05) is 18.1 Å². The summed E-state index contributed by atoms with van der Waals surface area (Å²) in [4.78, 5) is 40.4. The van der Waals surface area contributed by atoms with E-state index < -0.39 is 28.7 Å². The minimum atomic E-state index is -0.872. The van der Waals surface area contributed by atoms with E-state index in [-0.39, 0.29) is 17.9 Å². The van der Waals surface area contributed by atoms with Gasteiger partial charge in [0, 0.05) is 33.9 Å². The summed E-state index contributed by atoms with van der Waals surface area (Å²) in [5.41, 5.74) is 1.45. The number of hydrogen-bond acceptors (Lipinski definition) is 7. The SMILES string of the molecule is COC(=O)C1C(C)=NC(C)=C(C(=O)OCCCI)[C@H]1c1cccc([N+](=O)[O-])c1. The lowest BCUT2D eigenvalue weighted by atomic mass is 9.75. The second-order valence-corrected chi connectivity index (χ2v) is 7.34. The van der Waals surface area contributed by atoms with Gasteiger partial charge in [-0.1, -0.05) is 34.7 Å². The number of carbonyl (C=O) groups is 2. The van der Waals surface area contributed by atoms with Gasteiger partial charge >= 0.3 is 11.9 Å². The number of benzene rings is 1. The van der Waals surface area contributed by atoms with E-state index >= 15 is 0 Å². The highest BCUT2D eigenvalue weighted by atomic mass is 127. The molecule has 0 N–H and O–H groups in total. The van der Waals surface area contributed by atoms with Gasteiger partial charge in [-0.3, -0.25) is 19.9 Å². The van der Waals surface area contributed by atoms with Gasteiger partial charge in [0.25, 0.3) is 5.69 Å². The molecule has 1 aliphatic heterocycles. The van der Waals surface area contributed by atoms with Crippen LogP contribution in [0.5, 0.6) is 0 Å². The molecule has 2 rings (SSSR count). The maximum absolute atomic E-state index is 12.8. The molecule has 0 amide bonds. The van der Waals surface area contributed by atoms with E-state index in [0.717, 1.165) is 4.43 Å². The lowest BCUT2D eigenvalue weighted by Gasteiger charge is -2.31. The van der Waals surface area contributed by atoms with E-state index in [9.17, 15) is 19.7 Å². The number of allylic oxidation sites excluding steroid dienone is 1. The van der Waals surface area contributed by atoms with Gasteiger partial charge in [0.15, 0.2) is 0 Å². The number of nitro benzene ring substituents is 1. The van der Waals surface area contributed by atoms with Crippen LogP contribution in [0, 0.1) is 16.0 Å². The van der Waals surface area contributed by atoms with Gasteiger partial charge in [0.05, 0.1) is 24.2 Å². The van der Waals surface area contributed by atoms with Gasteiger partial charge in [0.2, 0.25) is 0 Å². The molecule has 0 spiro atoms. The summed E-state index contributed by atoms with van der Waals surface area (Å²) in [6.07, 6.45) is 0.697. The summed E-state index contributed by atoms with van der Waals surface area (Å²) in [6, 6.07) is 5.90. The van der Waals surface area contributed by atoms with Crippen molar-refractivity contribution < 1.29 is 24.0 Å². The number of non-ortho nitro benzene ring substituents is 1. The maximum atomic E-state index is 12.8. The number of nitro groups is 1. The molecular formula is C19H21IN2O6. The molecule has 8 nitrogen and oxygen atoms in total. The first-order chi connectivity index (χ1) is 13.3. The Morgan fingerprint density at radius 1 is 1.32 bits per heavy atom. The number of methoxy groups -OCH3 is 1. The van der Waals surface area contributed by atoms with Crippen molar-refractivity contribution in [1.29, 1.82) is 0 Å². The second-order valence-electron chi connectivity index (χ2n) is 6.26. The zero-order valence-corrected chi connectivity index (χ0v) is 18.0. The van der Waals surface area contributed by atoms with Crippen molar-refractivity contribution >= 4 is 45.9 Å². The molecule has 0 fully saturated rings. The fourth-order valence-corrected chi connectivity index (χ4v) is 3.53. The average molecular weight is 500 g/mol. The second kappa shape index (κ2) is 9.76. The zero-order chi connectivity index (χ0) is 20.8. The summed E-state index contributed by atoms with van der Waals surface area (Å²) in [5.74, 6) is -2.80. The van der Waals surface area contributed by atoms with E-state index in [1.54, 1.807) is 19.9 Å². The lowest BCUT2D eigenvalue weighted by Crippen LogP contribution is -2.36. The van der Waals surface area contributed by atoms with Crippen LogP contribution < -0.4 is 0 Å². The molecule has 9 heteroatoms. The molecular weight excluding hydrogens is 479 g/mol. The first-order valence-corrected chi connectivity index (χ1v) is 10.2. The summed E-state index contributed by atoms with van der Waals surface area (Å²) >= 11 is 2.19. The highest BCUT2D eigenvalue weighted by Gasteiger charge is 2.42. The monoisotopic (exact) mass is 500 g/mol. The van der Waals surface area contributed by atoms with Gasteiger partial charge in [-0.15, -0.1) is 0 Å². The predicted octanol–water partition coefficient (Wildman–Crippen LogP) is 3.58. The number of carbonyl (C=O) groups excluding carboxylic acids is 2. The van der Waals surface area contributed by atoms with Gasteiger partial charge in [0.1, 0.15) is 5.92 Å². The summed E-state index contributed by atoms with van der Waals surface area (Å²) in [6.45, 7) is 3.58. The molecule has 2 atom stereocenters. The van der Waals surface area contributed by atoms with Crippen LogP contribution >= 0.6 is 22.6 Å². The van der Waals surface area contributed by atoms with Crippen molar-refractivity contribution in [1.82, 2.24) is 0 Å². The quantitative estimate of drug-likeness (QED) is 0.141. The summed E-state index contributed by atoms with van der Waals surface area (Å²) < 4.78 is 11.1. The zero-order valence-electron chi connectivity index (χ0n) is 15.8. The van der Waals surface area contributed by atoms with Crippen LogP contribution in [0.1, 0.15) is 31.7 Å². The lowest BCUT2D eigenvalue weighted by molar-refractivity contribution is -0.384. The van der Waals surface area contributed by atoms with E-state index in [0.29, 0.717) is 23.4 Å². The molecule has 1 unspecified atom stereocenters. The number of hydrogen-bond donors (Lipinski definition) is 0. The normalized spacial score (nSPS) is 19.1. The molecule has 1 aromatic carbocycles. The first kappa shape index (κ1) is 22.0. The standard InChI is InChI=1S/C19H21IN2O6/c1-11-15(18(23)27-3)17(13-6-4-7-14(10-13)22(25)26)16(12(2)21-11)19(24)28-9-5-8-20/h4,6-7,10,15,17H,5,8-9H2,1-3H3/t15?,17-/m0/s1. The average Bonchev–Trinajstić information content (AvgIpc) is 2.67. The molecule has 0 aromatic heterocycles. The Balaban J connectivity index is 2.59. The van der Waals surface area contributed by atoms with Crippen LogP contribution in [-0.2, 0) is 19.1 Å². The van der Waals surface area contributed by atoms with Crippen LogP contribution in [-0.4, -0.2) is 40.7 Å². The van der Waals surface area contributed by atoms with Gasteiger partial charge < -0.3 is 9.47 Å². The van der Waals surface area contributed by atoms with Crippen molar-refractivity contribution in [2.24, 2.45) is 10.9 Å². The molecule has 150 valence electrons. The third kappa shape index (κ3) is 4.75. The van der Waals surface area contributed by atoms with Gasteiger partial charge in [-0.25, -0.2) is 4.79 Å². The molecule has 1 aliphatic rings. The van der Waals surface area contributed by atoms with Crippen LogP contribution in [0.4, 0.5) is 5.69 Å². The Kier molecular flexibility index (Phi) is 7.67. The molecule has 0 aliphatic carbocycles. The van der Waals surface area contributed by atoms with Crippen LogP contribution in [0.2, 0.25) is 0 Å². The molecule has 0 radical (unpaired) electrons. The number of rotatable bonds is 7. The Hall–Kier alpha value is -2.30. The van der Waals surface area contributed by atoms with Crippen LogP contribution in [0.3, 0.4) is 0 Å². The van der Waals surface area contributed by atoms with Crippen LogP contribution in [0.25, 0.3) is 0 Å². The number of esters is 2. The Morgan fingerprint density at radius 3 is 2.64 bits per heavy atom. The molecule has 0 saturated heterocycles. The summed E-state index contributed by atoms with van der Waals surface area (Å²) in [7, 11) is 1.25. The van der Waals surface area contributed by atoms with E-state index in [1.807, 2.05) is 0 Å². The minimum absolute atomic E-state index is 0.128. The topological polar surface area (TPSA) is 108 Å². The van der Waals surface area contributed by atoms with Crippen molar-refractivity contribution in [2.45, 2.75) is 26.2 Å². The molecule has 28 heavy (non-hydrogen) atoms. The van der Waals surface area contributed by atoms with Crippen molar-refractivity contribution in [3.63, 3.8) is 0 Å². The summed E-state index contributed by atoms with van der Waals surface area (Å²) in [5, 5.41) is 11.2. The van der Waals surface area contributed by atoms with Gasteiger partial charge in [-0.05, 0) is 25.8 Å². The molecule has 1 heterocycles. The molecule has 0 bridgehead atoms. The highest BCUT2D eigenvalue weighted by Crippen LogP contribution is 2.40. The van der Waals surface area contributed by atoms with Crippen LogP contribution in [0.15, 0.2) is 40.5 Å². The van der Waals surface area contributed by atoms with Gasteiger partial charge in [-0.2, -0.15) is 0 Å². The molecule has 1 aromatic rings. The fourth-order valence-electron chi connectivity index (χ4n) is 3.22. The third-order valence-electron chi connectivity index (χ3n) is 4.45. The number of ether oxygens (including phenoxy) is 2. The highest BCUT2D eigenvalue weighted by molar-refractivity contribution is 14.1. The molecule has 0 saturated carbocycles. The van der Waals surface area contributed by atoms with E-state index in [1.165, 1.54) is 25.3 Å². The number of alkyl halides is 1. The third-order valence-corrected chi connectivity index (χ3v) is 5.22. The van der Waals surface area contributed by atoms with E-state index in [4.69, 9.17) is 9.47 Å². The van der Waals surface area contributed by atoms with Crippen molar-refractivity contribution in [3.05, 3.63) is 51.2 Å². The maximum Gasteiger partial charge on any atom is 0.336 e. The Labute approximate surface area is 176 Å². The first-order valence-electron chi connectivity index (χ1n) is 8.63. The number of halogens is 1. The van der Waals surface area contributed by atoms with Crippen molar-refractivity contribution in [3.8, 4) is 0 Å². The largest absolute Gasteiger partial charge is 0.468 e.